The molecule has 0 unspecified atom stereocenters. The average Bonchev–Trinajstić information content (AvgIpc) is 2.78. The maximum absolute atomic E-state index is 12.5. The molecule has 166 valence electrons. The molecule has 2 aromatic carbocycles. The Hall–Kier alpha value is -3.36. The third kappa shape index (κ3) is 5.66. The van der Waals surface area contributed by atoms with E-state index in [1.807, 2.05) is 6.92 Å². The van der Waals surface area contributed by atoms with Gasteiger partial charge in [-0.05, 0) is 31.2 Å². The van der Waals surface area contributed by atoms with Crippen LogP contribution in [-0.2, 0) is 0 Å². The van der Waals surface area contributed by atoms with E-state index in [2.05, 4.69) is 20.5 Å². The maximum atomic E-state index is 12.5. The van der Waals surface area contributed by atoms with E-state index in [-0.39, 0.29) is 5.69 Å². The van der Waals surface area contributed by atoms with Crippen molar-refractivity contribution in [2.45, 2.75) is 6.92 Å². The van der Waals surface area contributed by atoms with Crippen LogP contribution >= 0.6 is 23.2 Å². The first kappa shape index (κ1) is 23.3. The van der Waals surface area contributed by atoms with Crippen LogP contribution in [0.2, 0.25) is 10.0 Å². The van der Waals surface area contributed by atoms with Crippen LogP contribution in [0.4, 0.5) is 0 Å². The molecule has 1 heterocycles. The molecule has 1 N–H and O–H groups in total. The van der Waals surface area contributed by atoms with Crippen molar-refractivity contribution in [3.8, 4) is 28.5 Å². The first-order chi connectivity index (χ1) is 15.4. The van der Waals surface area contributed by atoms with Crippen LogP contribution in [0.5, 0.6) is 17.2 Å². The van der Waals surface area contributed by atoms with Crippen molar-refractivity contribution in [3.05, 3.63) is 64.0 Å². The molecule has 3 rings (SSSR count). The number of hydrogen-bond donors (Lipinski definition) is 1. The van der Waals surface area contributed by atoms with Crippen LogP contribution in [0.25, 0.3) is 11.3 Å². The SMILES string of the molecule is CCOc1cc(Cl)c(-c2cncc(C(=O)NN=Cc3cc(OC)cc(OC)c3)n2)c(Cl)c1. The van der Waals surface area contributed by atoms with E-state index in [9.17, 15) is 4.79 Å². The number of hydrazone groups is 1. The van der Waals surface area contributed by atoms with Crippen molar-refractivity contribution in [1.82, 2.24) is 15.4 Å². The van der Waals surface area contributed by atoms with Crippen molar-refractivity contribution < 1.29 is 19.0 Å². The van der Waals surface area contributed by atoms with Gasteiger partial charge in [-0.1, -0.05) is 23.2 Å². The number of nitrogens with one attached hydrogen (secondary N) is 1. The molecule has 8 nitrogen and oxygen atoms in total. The molecule has 0 atom stereocenters. The van der Waals surface area contributed by atoms with Crippen molar-refractivity contribution >= 4 is 35.3 Å². The van der Waals surface area contributed by atoms with Gasteiger partial charge in [0.2, 0.25) is 0 Å². The Morgan fingerprint density at radius 3 is 2.28 bits per heavy atom. The predicted octanol–water partition coefficient (Wildman–Crippen LogP) is 4.63. The quantitative estimate of drug-likeness (QED) is 0.377. The molecule has 0 fully saturated rings. The molecule has 0 saturated carbocycles. The summed E-state index contributed by atoms with van der Waals surface area (Å²) in [6, 6.07) is 8.48. The summed E-state index contributed by atoms with van der Waals surface area (Å²) in [6.45, 7) is 2.33. The maximum Gasteiger partial charge on any atom is 0.291 e. The molecule has 32 heavy (non-hydrogen) atoms. The van der Waals surface area contributed by atoms with Crippen molar-refractivity contribution in [2.24, 2.45) is 5.10 Å². The molecule has 3 aromatic rings. The van der Waals surface area contributed by atoms with Crippen LogP contribution in [0.1, 0.15) is 23.0 Å². The molecule has 0 spiro atoms. The monoisotopic (exact) mass is 474 g/mol. The standard InChI is InChI=1S/C22H20Cl2N4O4/c1-4-32-16-8-17(23)21(18(24)9-16)19-11-25-12-20(27-19)22(29)28-26-10-13-5-14(30-2)7-15(6-13)31-3/h5-12H,4H2,1-3H3,(H,28,29). The number of methoxy groups -OCH3 is 2. The number of benzene rings is 2. The largest absolute Gasteiger partial charge is 0.497 e. The summed E-state index contributed by atoms with van der Waals surface area (Å²) >= 11 is 12.7. The van der Waals surface area contributed by atoms with Gasteiger partial charge in [0.05, 0.1) is 55.2 Å². The second-order valence-corrected chi connectivity index (χ2v) is 7.14. The van der Waals surface area contributed by atoms with Gasteiger partial charge in [0, 0.05) is 17.2 Å². The van der Waals surface area contributed by atoms with Gasteiger partial charge in [-0.25, -0.2) is 10.4 Å². The van der Waals surface area contributed by atoms with Crippen LogP contribution in [-0.4, -0.2) is 42.9 Å². The minimum Gasteiger partial charge on any atom is -0.497 e. The summed E-state index contributed by atoms with van der Waals surface area (Å²) in [6.07, 6.45) is 4.25. The number of carbonyl (C=O) groups is 1. The van der Waals surface area contributed by atoms with Gasteiger partial charge in [-0.2, -0.15) is 5.10 Å². The summed E-state index contributed by atoms with van der Waals surface area (Å²) in [4.78, 5) is 20.9. The van der Waals surface area contributed by atoms with Crippen molar-refractivity contribution in [1.29, 1.82) is 0 Å². The molecular formula is C22H20Cl2N4O4. The number of rotatable bonds is 8. The van der Waals surface area contributed by atoms with E-state index >= 15 is 0 Å². The molecule has 1 amide bonds. The van der Waals surface area contributed by atoms with Crippen molar-refractivity contribution in [3.63, 3.8) is 0 Å². The van der Waals surface area contributed by atoms with Crippen LogP contribution < -0.4 is 19.6 Å². The van der Waals surface area contributed by atoms with Gasteiger partial charge in [-0.3, -0.25) is 9.78 Å². The fourth-order valence-corrected chi connectivity index (χ4v) is 3.43. The number of aromatic nitrogens is 2. The number of halogens is 2. The van der Waals surface area contributed by atoms with E-state index in [0.29, 0.717) is 50.7 Å². The smallest absolute Gasteiger partial charge is 0.291 e. The van der Waals surface area contributed by atoms with Gasteiger partial charge < -0.3 is 14.2 Å². The Balaban J connectivity index is 1.79. The fraction of sp³-hybridized carbons (Fsp3) is 0.182. The third-order valence-corrected chi connectivity index (χ3v) is 4.80. The minimum atomic E-state index is -0.552. The lowest BCUT2D eigenvalue weighted by atomic mass is 10.1. The van der Waals surface area contributed by atoms with Gasteiger partial charge in [0.25, 0.3) is 5.91 Å². The molecule has 1 aromatic heterocycles. The van der Waals surface area contributed by atoms with E-state index in [0.717, 1.165) is 0 Å². The summed E-state index contributed by atoms with van der Waals surface area (Å²) in [5.74, 6) is 1.18. The lowest BCUT2D eigenvalue weighted by molar-refractivity contribution is 0.0950. The van der Waals surface area contributed by atoms with Gasteiger partial charge >= 0.3 is 0 Å². The first-order valence-corrected chi connectivity index (χ1v) is 10.2. The average molecular weight is 475 g/mol. The molecule has 10 heteroatoms. The predicted molar refractivity (Wildman–Crippen MR) is 123 cm³/mol. The number of hydrogen-bond acceptors (Lipinski definition) is 7. The second kappa shape index (κ2) is 10.8. The van der Waals surface area contributed by atoms with Crippen LogP contribution in [0, 0.1) is 0 Å². The Labute approximate surface area is 195 Å². The van der Waals surface area contributed by atoms with Crippen LogP contribution in [0.15, 0.2) is 47.8 Å². The minimum absolute atomic E-state index is 0.0453. The van der Waals surface area contributed by atoms with Gasteiger partial charge in [0.1, 0.15) is 22.9 Å². The molecule has 0 radical (unpaired) electrons. The highest BCUT2D eigenvalue weighted by molar-refractivity contribution is 6.39. The number of amides is 1. The zero-order valence-electron chi connectivity index (χ0n) is 17.6. The fourth-order valence-electron chi connectivity index (χ4n) is 2.77. The van der Waals surface area contributed by atoms with E-state index in [4.69, 9.17) is 37.4 Å². The summed E-state index contributed by atoms with van der Waals surface area (Å²) < 4.78 is 15.9. The van der Waals surface area contributed by atoms with Crippen LogP contribution in [0.3, 0.4) is 0 Å². The van der Waals surface area contributed by atoms with E-state index in [1.165, 1.54) is 18.6 Å². The second-order valence-electron chi connectivity index (χ2n) is 6.33. The summed E-state index contributed by atoms with van der Waals surface area (Å²) in [7, 11) is 3.10. The number of ether oxygens (including phenoxy) is 3. The Morgan fingerprint density at radius 1 is 1.03 bits per heavy atom. The Kier molecular flexibility index (Phi) is 7.86. The molecule has 0 bridgehead atoms. The highest BCUT2D eigenvalue weighted by atomic mass is 35.5. The zero-order chi connectivity index (χ0) is 23.1. The number of nitrogens with zero attached hydrogens (tertiary/aromatic N) is 3. The lowest BCUT2D eigenvalue weighted by Gasteiger charge is -2.10. The third-order valence-electron chi connectivity index (χ3n) is 4.20. The highest BCUT2D eigenvalue weighted by Gasteiger charge is 2.15. The normalized spacial score (nSPS) is 10.8. The Bertz CT molecular complexity index is 1110. The molecular weight excluding hydrogens is 455 g/mol. The lowest BCUT2D eigenvalue weighted by Crippen LogP contribution is -2.19. The first-order valence-electron chi connectivity index (χ1n) is 9.45. The molecule has 0 aliphatic heterocycles. The summed E-state index contributed by atoms with van der Waals surface area (Å²) in [5.41, 5.74) is 3.93. The van der Waals surface area contributed by atoms with Gasteiger partial charge in [0.15, 0.2) is 0 Å². The van der Waals surface area contributed by atoms with E-state index in [1.54, 1.807) is 44.6 Å². The summed E-state index contributed by atoms with van der Waals surface area (Å²) in [5, 5.41) is 4.63. The molecule has 0 aliphatic rings. The molecule has 0 aliphatic carbocycles. The number of carbonyl (C=O) groups excluding carboxylic acids is 1. The zero-order valence-corrected chi connectivity index (χ0v) is 19.1. The highest BCUT2D eigenvalue weighted by Crippen LogP contribution is 2.37. The Morgan fingerprint density at radius 2 is 1.69 bits per heavy atom. The van der Waals surface area contributed by atoms with E-state index < -0.39 is 5.91 Å². The molecule has 0 saturated heterocycles. The topological polar surface area (TPSA) is 94.9 Å². The van der Waals surface area contributed by atoms with Gasteiger partial charge in [-0.15, -0.1) is 0 Å². The van der Waals surface area contributed by atoms with Crippen molar-refractivity contribution in [2.75, 3.05) is 20.8 Å².